The van der Waals surface area contributed by atoms with Crippen LogP contribution in [0.4, 0.5) is 11.6 Å². The van der Waals surface area contributed by atoms with E-state index in [1.54, 1.807) is 4.68 Å². The molecule has 1 N–H and O–H groups in total. The van der Waals surface area contributed by atoms with Crippen LogP contribution >= 0.6 is 0 Å². The zero-order valence-electron chi connectivity index (χ0n) is 24.3. The standard InChI is InChI=1S/C21H30N4O.C8H9N3.C2H6/c1-4-16(3)6-7-18(5-2)25-21(22-15-26)14-20(23-25)17-10-12-24(13-11-17)19-8-9-19;1-7-6-10-11-5-3-2-4-9-8(7)11;1-2/h5-7,14-15,17,19H,3-4,8-13H2,1-2H3,(H,22,26);3-6H,2H2,1H3;1-2H3/b7-6-,18-5+;;. The summed E-state index contributed by atoms with van der Waals surface area (Å²) in [7, 11) is 0. The van der Waals surface area contributed by atoms with Crippen molar-refractivity contribution in [2.24, 2.45) is 4.99 Å². The number of hydrogen-bond donors (Lipinski definition) is 1. The number of likely N-dealkylation sites (tertiary alicyclic amines) is 1. The molecule has 4 heterocycles. The molecule has 0 bridgehead atoms. The van der Waals surface area contributed by atoms with Gasteiger partial charge in [0, 0.05) is 42.4 Å². The van der Waals surface area contributed by atoms with Gasteiger partial charge in [0.2, 0.25) is 6.41 Å². The maximum absolute atomic E-state index is 11.0. The van der Waals surface area contributed by atoms with E-state index in [1.807, 2.05) is 81.4 Å². The van der Waals surface area contributed by atoms with Crippen LogP contribution in [0.15, 0.2) is 53.7 Å². The molecule has 39 heavy (non-hydrogen) atoms. The average molecular weight is 532 g/mol. The van der Waals surface area contributed by atoms with Crippen molar-refractivity contribution in [1.82, 2.24) is 24.5 Å². The highest BCUT2D eigenvalue weighted by Crippen LogP contribution is 2.35. The van der Waals surface area contributed by atoms with Crippen molar-refractivity contribution in [3.05, 3.63) is 60.0 Å². The normalized spacial score (nSPS) is 17.5. The molecular weight excluding hydrogens is 486 g/mol. The number of piperidine rings is 1. The maximum atomic E-state index is 11.0. The quantitative estimate of drug-likeness (QED) is 0.295. The Morgan fingerprint density at radius 2 is 1.92 bits per heavy atom. The average Bonchev–Trinajstić information content (AvgIpc) is 3.72. The van der Waals surface area contributed by atoms with Crippen molar-refractivity contribution in [3.63, 3.8) is 0 Å². The fraction of sp³-hybridized carbons (Fsp3) is 0.484. The molecule has 0 aromatic carbocycles. The predicted octanol–water partition coefficient (Wildman–Crippen LogP) is 6.97. The third-order valence-electron chi connectivity index (χ3n) is 7.08. The summed E-state index contributed by atoms with van der Waals surface area (Å²) in [6.45, 7) is 16.4. The van der Waals surface area contributed by atoms with Crippen molar-refractivity contribution >= 4 is 36.2 Å². The number of carbonyl (C=O) groups is 1. The molecule has 2 aromatic heterocycles. The molecule has 2 aliphatic heterocycles. The van der Waals surface area contributed by atoms with Gasteiger partial charge in [-0.15, -0.1) is 0 Å². The van der Waals surface area contributed by atoms with Crippen LogP contribution < -0.4 is 5.32 Å². The van der Waals surface area contributed by atoms with Crippen LogP contribution in [0, 0.1) is 6.92 Å². The maximum Gasteiger partial charge on any atom is 0.212 e. The second-order valence-corrected chi connectivity index (χ2v) is 9.76. The molecule has 1 amide bonds. The van der Waals surface area contributed by atoms with E-state index < -0.39 is 0 Å². The number of aliphatic imine (C=N–C) groups is 1. The van der Waals surface area contributed by atoms with Gasteiger partial charge in [-0.05, 0) is 65.1 Å². The number of carbonyl (C=O) groups excluding carboxylic acids is 1. The van der Waals surface area contributed by atoms with Gasteiger partial charge in [-0.2, -0.15) is 10.2 Å². The number of anilines is 1. The lowest BCUT2D eigenvalue weighted by atomic mass is 9.93. The van der Waals surface area contributed by atoms with E-state index in [1.165, 1.54) is 12.8 Å². The lowest BCUT2D eigenvalue weighted by Gasteiger charge is -2.31. The number of aryl methyl sites for hydroxylation is 1. The Bertz CT molecular complexity index is 1200. The zero-order valence-corrected chi connectivity index (χ0v) is 24.3. The number of allylic oxidation sites excluding steroid dienone is 6. The Hall–Kier alpha value is -3.52. The van der Waals surface area contributed by atoms with Crippen molar-refractivity contribution in [3.8, 4) is 0 Å². The van der Waals surface area contributed by atoms with Crippen molar-refractivity contribution in [2.75, 3.05) is 18.4 Å². The molecule has 8 heteroatoms. The molecule has 0 radical (unpaired) electrons. The Morgan fingerprint density at radius 3 is 2.56 bits per heavy atom. The first kappa shape index (κ1) is 30.0. The lowest BCUT2D eigenvalue weighted by molar-refractivity contribution is -0.105. The number of nitrogens with one attached hydrogen (secondary N) is 1. The summed E-state index contributed by atoms with van der Waals surface area (Å²) < 4.78 is 3.62. The number of aromatic nitrogens is 4. The minimum absolute atomic E-state index is 0.464. The smallest absolute Gasteiger partial charge is 0.212 e. The van der Waals surface area contributed by atoms with E-state index in [0.717, 1.165) is 85.4 Å². The molecule has 1 saturated carbocycles. The van der Waals surface area contributed by atoms with E-state index in [-0.39, 0.29) is 0 Å². The summed E-state index contributed by atoms with van der Waals surface area (Å²) in [5.74, 6) is 2.13. The first-order valence-electron chi connectivity index (χ1n) is 14.3. The highest BCUT2D eigenvalue weighted by atomic mass is 16.1. The summed E-state index contributed by atoms with van der Waals surface area (Å²) in [5.41, 5.74) is 4.19. The molecule has 1 aliphatic carbocycles. The highest BCUT2D eigenvalue weighted by Gasteiger charge is 2.33. The molecule has 2 aromatic rings. The van der Waals surface area contributed by atoms with Crippen LogP contribution in [-0.2, 0) is 4.79 Å². The lowest BCUT2D eigenvalue weighted by Crippen LogP contribution is -2.34. The van der Waals surface area contributed by atoms with Crippen LogP contribution in [0.25, 0.3) is 11.9 Å². The third kappa shape index (κ3) is 8.23. The van der Waals surface area contributed by atoms with Crippen molar-refractivity contribution < 1.29 is 4.79 Å². The number of hydrogen-bond acceptors (Lipinski definition) is 5. The van der Waals surface area contributed by atoms with E-state index in [0.29, 0.717) is 5.92 Å². The van der Waals surface area contributed by atoms with Crippen LogP contribution in [0.2, 0.25) is 0 Å². The van der Waals surface area contributed by atoms with Crippen molar-refractivity contribution in [1.29, 1.82) is 0 Å². The molecule has 8 nitrogen and oxygen atoms in total. The first-order chi connectivity index (χ1) is 19.0. The minimum Gasteiger partial charge on any atom is -0.313 e. The monoisotopic (exact) mass is 531 g/mol. The van der Waals surface area contributed by atoms with Crippen LogP contribution in [0.5, 0.6) is 0 Å². The number of amides is 1. The molecule has 3 aliphatic rings. The summed E-state index contributed by atoms with van der Waals surface area (Å²) >= 11 is 0. The van der Waals surface area contributed by atoms with Gasteiger partial charge < -0.3 is 10.2 Å². The number of rotatable bonds is 8. The Morgan fingerprint density at radius 1 is 1.18 bits per heavy atom. The second kappa shape index (κ2) is 15.2. The topological polar surface area (TPSA) is 80.3 Å². The van der Waals surface area contributed by atoms with E-state index in [9.17, 15) is 4.79 Å². The van der Waals surface area contributed by atoms with Gasteiger partial charge in [0.1, 0.15) is 5.82 Å². The first-order valence-corrected chi connectivity index (χ1v) is 14.3. The Labute approximate surface area is 233 Å². The summed E-state index contributed by atoms with van der Waals surface area (Å²) in [6, 6.07) is 2.87. The largest absolute Gasteiger partial charge is 0.313 e. The third-order valence-corrected chi connectivity index (χ3v) is 7.08. The van der Waals surface area contributed by atoms with Gasteiger partial charge in [0.25, 0.3) is 0 Å². The molecule has 5 rings (SSSR count). The SMILES string of the molecule is C=C(/C=C\C(=C/C)n1nc(C2CCN(C3CC3)CC2)cc1NC=O)CC.CC.Cc1cnn2c1N=CCC=C2. The van der Waals surface area contributed by atoms with Gasteiger partial charge >= 0.3 is 0 Å². The van der Waals surface area contributed by atoms with Crippen LogP contribution in [0.3, 0.4) is 0 Å². The minimum atomic E-state index is 0.464. The fourth-order valence-electron chi connectivity index (χ4n) is 4.64. The summed E-state index contributed by atoms with van der Waals surface area (Å²) in [6.07, 6.45) is 21.2. The predicted molar refractivity (Wildman–Crippen MR) is 163 cm³/mol. The Kier molecular flexibility index (Phi) is 11.7. The fourth-order valence-corrected chi connectivity index (χ4v) is 4.64. The molecule has 1 saturated heterocycles. The van der Waals surface area contributed by atoms with E-state index in [2.05, 4.69) is 33.8 Å². The van der Waals surface area contributed by atoms with Crippen LogP contribution in [0.1, 0.15) is 83.4 Å². The molecule has 0 unspecified atom stereocenters. The molecular formula is C31H45N7O. The second-order valence-electron chi connectivity index (χ2n) is 9.76. The van der Waals surface area contributed by atoms with Crippen molar-refractivity contribution in [2.45, 2.75) is 85.1 Å². The van der Waals surface area contributed by atoms with Gasteiger partial charge in [0.15, 0.2) is 5.82 Å². The number of fused-ring (bicyclic) bond motifs is 1. The summed E-state index contributed by atoms with van der Waals surface area (Å²) in [5, 5.41) is 11.8. The van der Waals surface area contributed by atoms with Gasteiger partial charge in [0.05, 0.1) is 17.6 Å². The number of nitrogens with zero attached hydrogens (tertiary/aromatic N) is 6. The van der Waals surface area contributed by atoms with E-state index >= 15 is 0 Å². The van der Waals surface area contributed by atoms with E-state index in [4.69, 9.17) is 5.10 Å². The molecule has 0 spiro atoms. The van der Waals surface area contributed by atoms with Crippen LogP contribution in [-0.4, -0.2) is 56.2 Å². The molecule has 2 fully saturated rings. The highest BCUT2D eigenvalue weighted by molar-refractivity contribution is 5.73. The zero-order chi connectivity index (χ0) is 28.2. The Balaban J connectivity index is 0.000000267. The molecule has 210 valence electrons. The van der Waals surface area contributed by atoms with Gasteiger partial charge in [-0.3, -0.25) is 4.79 Å². The molecule has 0 atom stereocenters. The van der Waals surface area contributed by atoms with Gasteiger partial charge in [-0.25, -0.2) is 14.4 Å². The summed E-state index contributed by atoms with van der Waals surface area (Å²) in [4.78, 5) is 17.9. The van der Waals surface area contributed by atoms with Gasteiger partial charge in [-0.1, -0.05) is 51.2 Å².